The Morgan fingerprint density at radius 3 is 2.52 bits per heavy atom. The normalized spacial score (nSPS) is 11.5. The summed E-state index contributed by atoms with van der Waals surface area (Å²) in [5.41, 5.74) is 1.79. The highest BCUT2D eigenvalue weighted by Gasteiger charge is 2.25. The van der Waals surface area contributed by atoms with Gasteiger partial charge < -0.3 is 15.0 Å². The van der Waals surface area contributed by atoms with Crippen molar-refractivity contribution < 1.29 is 19.2 Å². The first-order chi connectivity index (χ1) is 14.8. The number of hydrogen-bond donors (Lipinski definition) is 1. The smallest absolute Gasteiger partial charge is 0.269 e. The number of methoxy groups -OCH3 is 1. The number of hydrogen-bond acceptors (Lipinski definition) is 6. The van der Waals surface area contributed by atoms with Gasteiger partial charge in [-0.2, -0.15) is 0 Å². The van der Waals surface area contributed by atoms with Crippen LogP contribution in [0.1, 0.15) is 25.0 Å². The molecule has 0 spiro atoms. The molecule has 31 heavy (non-hydrogen) atoms. The number of ether oxygens (including phenoxy) is 1. The Labute approximate surface area is 186 Å². The highest BCUT2D eigenvalue weighted by molar-refractivity contribution is 7.99. The summed E-state index contributed by atoms with van der Waals surface area (Å²) in [6.45, 7) is 4.31. The van der Waals surface area contributed by atoms with Crippen LogP contribution < -0.4 is 10.1 Å². The molecular weight excluding hydrogens is 418 g/mol. The molecule has 0 aliphatic rings. The van der Waals surface area contributed by atoms with Crippen LogP contribution in [-0.4, -0.2) is 47.1 Å². The molecule has 0 fully saturated rings. The number of carbonyl (C=O) groups excluding carboxylic acids is 2. The number of likely N-dealkylation sites (N-methyl/N-ethyl adjacent to an activating group) is 1. The Balaban J connectivity index is 2.05. The lowest BCUT2D eigenvalue weighted by Gasteiger charge is -2.28. The van der Waals surface area contributed by atoms with Crippen LogP contribution in [0.15, 0.2) is 48.5 Å². The van der Waals surface area contributed by atoms with E-state index in [2.05, 4.69) is 5.32 Å². The molecule has 9 heteroatoms. The van der Waals surface area contributed by atoms with Gasteiger partial charge in [-0.1, -0.05) is 24.3 Å². The maximum atomic E-state index is 13.0. The number of carbonyl (C=O) groups is 2. The highest BCUT2D eigenvalue weighted by Crippen LogP contribution is 2.20. The van der Waals surface area contributed by atoms with E-state index in [1.54, 1.807) is 31.1 Å². The van der Waals surface area contributed by atoms with Gasteiger partial charge in [0.1, 0.15) is 11.8 Å². The van der Waals surface area contributed by atoms with Gasteiger partial charge in [0.15, 0.2) is 0 Å². The molecule has 0 radical (unpaired) electrons. The van der Waals surface area contributed by atoms with Gasteiger partial charge >= 0.3 is 0 Å². The fourth-order valence-electron chi connectivity index (χ4n) is 2.93. The monoisotopic (exact) mass is 445 g/mol. The minimum Gasteiger partial charge on any atom is -0.497 e. The molecule has 166 valence electrons. The number of nitro benzene ring substituents is 1. The summed E-state index contributed by atoms with van der Waals surface area (Å²) in [5, 5.41) is 13.5. The fraction of sp³-hybridized carbons (Fsp3) is 0.364. The Bertz CT molecular complexity index is 904. The third-order valence-corrected chi connectivity index (χ3v) is 5.64. The van der Waals surface area contributed by atoms with Gasteiger partial charge in [-0.05, 0) is 37.1 Å². The molecule has 0 heterocycles. The molecular formula is C22H27N3O5S. The maximum absolute atomic E-state index is 13.0. The minimum absolute atomic E-state index is 0.0325. The summed E-state index contributed by atoms with van der Waals surface area (Å²) >= 11 is 1.40. The fourth-order valence-corrected chi connectivity index (χ4v) is 3.80. The van der Waals surface area contributed by atoms with Gasteiger partial charge in [0.2, 0.25) is 11.8 Å². The lowest BCUT2D eigenvalue weighted by atomic mass is 10.1. The average molecular weight is 446 g/mol. The SMILES string of the molecule is CCNC(=O)[C@H](C)N(Cc1cccc(OC)c1)C(=O)CSCc1ccc([N+](=O)[O-])cc1. The first kappa shape index (κ1) is 24.2. The van der Waals surface area contributed by atoms with E-state index < -0.39 is 11.0 Å². The van der Waals surface area contributed by atoms with Gasteiger partial charge in [0.25, 0.3) is 5.69 Å². The molecule has 0 bridgehead atoms. The predicted molar refractivity (Wildman–Crippen MR) is 121 cm³/mol. The number of non-ortho nitro benzene ring substituents is 1. The van der Waals surface area contributed by atoms with E-state index in [4.69, 9.17) is 4.74 Å². The Kier molecular flexibility index (Phi) is 9.33. The predicted octanol–water partition coefficient (Wildman–Crippen LogP) is 3.39. The topological polar surface area (TPSA) is 102 Å². The highest BCUT2D eigenvalue weighted by atomic mass is 32.2. The standard InChI is InChI=1S/C22H27N3O5S/c1-4-23-22(27)16(2)24(13-18-6-5-7-20(12-18)30-3)21(26)15-31-14-17-8-10-19(11-9-17)25(28)29/h5-12,16H,4,13-15H2,1-3H3,(H,23,27)/t16-/m0/s1. The second kappa shape index (κ2) is 11.9. The molecule has 0 unspecified atom stereocenters. The van der Waals surface area contributed by atoms with Crippen molar-refractivity contribution in [2.45, 2.75) is 32.2 Å². The quantitative estimate of drug-likeness (QED) is 0.420. The molecule has 0 saturated heterocycles. The molecule has 2 aromatic carbocycles. The van der Waals surface area contributed by atoms with E-state index in [1.165, 1.54) is 23.9 Å². The van der Waals surface area contributed by atoms with Crippen molar-refractivity contribution in [3.05, 3.63) is 69.8 Å². The molecule has 1 N–H and O–H groups in total. The van der Waals surface area contributed by atoms with Gasteiger partial charge in [-0.3, -0.25) is 19.7 Å². The van der Waals surface area contributed by atoms with E-state index in [0.29, 0.717) is 18.0 Å². The third kappa shape index (κ3) is 7.29. The molecule has 0 saturated carbocycles. The van der Waals surface area contributed by atoms with Crippen LogP contribution in [0, 0.1) is 10.1 Å². The maximum Gasteiger partial charge on any atom is 0.269 e. The lowest BCUT2D eigenvalue weighted by Crippen LogP contribution is -2.48. The van der Waals surface area contributed by atoms with Crippen molar-refractivity contribution in [3.63, 3.8) is 0 Å². The lowest BCUT2D eigenvalue weighted by molar-refractivity contribution is -0.384. The molecule has 2 aromatic rings. The zero-order valence-corrected chi connectivity index (χ0v) is 18.7. The summed E-state index contributed by atoms with van der Waals surface area (Å²) in [4.78, 5) is 37.3. The van der Waals surface area contributed by atoms with Crippen LogP contribution >= 0.6 is 11.8 Å². The first-order valence-electron chi connectivity index (χ1n) is 9.86. The largest absolute Gasteiger partial charge is 0.497 e. The van der Waals surface area contributed by atoms with Crippen LogP contribution in [0.3, 0.4) is 0 Å². The molecule has 2 rings (SSSR count). The molecule has 0 aliphatic carbocycles. The zero-order valence-electron chi connectivity index (χ0n) is 17.9. The molecule has 2 amide bonds. The van der Waals surface area contributed by atoms with E-state index in [-0.39, 0.29) is 29.8 Å². The second-order valence-electron chi connectivity index (χ2n) is 6.86. The van der Waals surface area contributed by atoms with Crippen molar-refractivity contribution >= 4 is 29.3 Å². The summed E-state index contributed by atoms with van der Waals surface area (Å²) in [6, 6.07) is 13.0. The summed E-state index contributed by atoms with van der Waals surface area (Å²) in [7, 11) is 1.58. The van der Waals surface area contributed by atoms with Gasteiger partial charge in [0, 0.05) is 31.0 Å². The van der Waals surface area contributed by atoms with Crippen molar-refractivity contribution in [1.29, 1.82) is 0 Å². The van der Waals surface area contributed by atoms with Gasteiger partial charge in [-0.15, -0.1) is 11.8 Å². The van der Waals surface area contributed by atoms with Crippen molar-refractivity contribution in [3.8, 4) is 5.75 Å². The number of rotatable bonds is 11. The van der Waals surface area contributed by atoms with E-state index >= 15 is 0 Å². The van der Waals surface area contributed by atoms with Crippen molar-refractivity contribution in [2.24, 2.45) is 0 Å². The van der Waals surface area contributed by atoms with Crippen LogP contribution in [0.2, 0.25) is 0 Å². The summed E-state index contributed by atoms with van der Waals surface area (Å²) in [5.74, 6) is 1.03. The summed E-state index contributed by atoms with van der Waals surface area (Å²) < 4.78 is 5.25. The third-order valence-electron chi connectivity index (χ3n) is 4.65. The van der Waals surface area contributed by atoms with Gasteiger partial charge in [0.05, 0.1) is 17.8 Å². The Hall–Kier alpha value is -3.07. The number of nitrogens with zero attached hydrogens (tertiary/aromatic N) is 2. The molecule has 1 atom stereocenters. The van der Waals surface area contributed by atoms with E-state index in [0.717, 1.165) is 11.1 Å². The van der Waals surface area contributed by atoms with E-state index in [9.17, 15) is 19.7 Å². The van der Waals surface area contributed by atoms with Gasteiger partial charge in [-0.25, -0.2) is 0 Å². The van der Waals surface area contributed by atoms with Crippen LogP contribution in [0.4, 0.5) is 5.69 Å². The minimum atomic E-state index is -0.626. The number of nitrogens with one attached hydrogen (secondary N) is 1. The number of benzene rings is 2. The molecule has 0 aromatic heterocycles. The van der Waals surface area contributed by atoms with E-state index in [1.807, 2.05) is 31.2 Å². The summed E-state index contributed by atoms with van der Waals surface area (Å²) in [6.07, 6.45) is 0. The van der Waals surface area contributed by atoms with Crippen LogP contribution in [0.5, 0.6) is 5.75 Å². The number of thioether (sulfide) groups is 1. The van der Waals surface area contributed by atoms with Crippen molar-refractivity contribution in [1.82, 2.24) is 10.2 Å². The average Bonchev–Trinajstić information content (AvgIpc) is 2.77. The molecule has 0 aliphatic heterocycles. The van der Waals surface area contributed by atoms with Crippen LogP contribution in [-0.2, 0) is 21.9 Å². The zero-order chi connectivity index (χ0) is 22.8. The Morgan fingerprint density at radius 1 is 1.19 bits per heavy atom. The Morgan fingerprint density at radius 2 is 1.90 bits per heavy atom. The first-order valence-corrected chi connectivity index (χ1v) is 11.0. The second-order valence-corrected chi connectivity index (χ2v) is 7.85. The van der Waals surface area contributed by atoms with Crippen LogP contribution in [0.25, 0.3) is 0 Å². The number of nitro groups is 1. The number of amides is 2. The molecule has 8 nitrogen and oxygen atoms in total. The van der Waals surface area contributed by atoms with Crippen molar-refractivity contribution in [2.75, 3.05) is 19.4 Å².